The third kappa shape index (κ3) is 5.06. The number of halogens is 1. The Balaban J connectivity index is 1.22. The normalized spacial score (nSPS) is 16.7. The Morgan fingerprint density at radius 2 is 1.84 bits per heavy atom. The van der Waals surface area contributed by atoms with Crippen LogP contribution in [-0.4, -0.2) is 70.8 Å². The zero-order valence-corrected chi connectivity index (χ0v) is 20.3. The van der Waals surface area contributed by atoms with Crippen LogP contribution >= 0.6 is 0 Å². The highest BCUT2D eigenvalue weighted by Crippen LogP contribution is 2.29. The van der Waals surface area contributed by atoms with Gasteiger partial charge in [0.05, 0.1) is 35.9 Å². The van der Waals surface area contributed by atoms with Crippen molar-refractivity contribution in [1.82, 2.24) is 19.8 Å². The maximum absolute atomic E-state index is 13.1. The molecule has 190 valence electrons. The first-order valence-corrected chi connectivity index (χ1v) is 11.6. The van der Waals surface area contributed by atoms with Crippen molar-refractivity contribution in [3.05, 3.63) is 71.9 Å². The Kier molecular flexibility index (Phi) is 6.43. The largest absolute Gasteiger partial charge is 0.479 e. The van der Waals surface area contributed by atoms with Gasteiger partial charge in [-0.15, -0.1) is 0 Å². The van der Waals surface area contributed by atoms with E-state index in [1.165, 1.54) is 45.2 Å². The predicted molar refractivity (Wildman–Crippen MR) is 130 cm³/mol. The summed E-state index contributed by atoms with van der Waals surface area (Å²) in [5.74, 6) is 0.0638. The lowest BCUT2D eigenvalue weighted by atomic mass is 10.2. The molecular weight excluding hydrogens is 481 g/mol. The van der Waals surface area contributed by atoms with Gasteiger partial charge in [-0.05, 0) is 36.4 Å². The van der Waals surface area contributed by atoms with Gasteiger partial charge in [-0.25, -0.2) is 9.37 Å². The Morgan fingerprint density at radius 1 is 1.08 bits per heavy atom. The van der Waals surface area contributed by atoms with Crippen LogP contribution in [0.25, 0.3) is 0 Å². The Hall–Kier alpha value is -4.54. The Bertz CT molecular complexity index is 1350. The summed E-state index contributed by atoms with van der Waals surface area (Å²) in [6.07, 6.45) is 2.74. The first kappa shape index (κ1) is 24.2. The smallest absolute Gasteiger partial charge is 0.268 e. The average Bonchev–Trinajstić information content (AvgIpc) is 3.40. The zero-order chi connectivity index (χ0) is 26.1. The van der Waals surface area contributed by atoms with Crippen molar-refractivity contribution in [2.75, 3.05) is 32.1 Å². The molecule has 3 aromatic rings. The van der Waals surface area contributed by atoms with Crippen molar-refractivity contribution in [3.8, 4) is 17.4 Å². The molecule has 10 nitrogen and oxygen atoms in total. The van der Waals surface area contributed by atoms with E-state index in [9.17, 15) is 18.8 Å². The van der Waals surface area contributed by atoms with Crippen LogP contribution in [0.3, 0.4) is 0 Å². The van der Waals surface area contributed by atoms with Crippen molar-refractivity contribution < 1.29 is 28.2 Å². The summed E-state index contributed by atoms with van der Waals surface area (Å²) in [7, 11) is 3.27. The number of anilines is 1. The fourth-order valence-corrected chi connectivity index (χ4v) is 4.10. The van der Waals surface area contributed by atoms with Gasteiger partial charge in [0, 0.05) is 33.1 Å². The molecule has 37 heavy (non-hydrogen) atoms. The van der Waals surface area contributed by atoms with Gasteiger partial charge in [0.2, 0.25) is 11.8 Å². The fourth-order valence-electron chi connectivity index (χ4n) is 4.10. The number of carbonyl (C=O) groups is 3. The summed E-state index contributed by atoms with van der Waals surface area (Å²) in [4.78, 5) is 50.9. The van der Waals surface area contributed by atoms with E-state index in [2.05, 4.69) is 9.97 Å². The van der Waals surface area contributed by atoms with Gasteiger partial charge in [-0.3, -0.25) is 19.4 Å². The van der Waals surface area contributed by atoms with E-state index in [1.807, 2.05) is 0 Å². The molecule has 0 bridgehead atoms. The second-order valence-electron chi connectivity index (χ2n) is 8.91. The van der Waals surface area contributed by atoms with Crippen molar-refractivity contribution in [2.24, 2.45) is 0 Å². The van der Waals surface area contributed by atoms with Gasteiger partial charge in [0.25, 0.3) is 11.8 Å². The molecular formula is C26H24FN5O5. The van der Waals surface area contributed by atoms with E-state index >= 15 is 0 Å². The SMILES string of the molecule is CN(C)C(=O)CN1Cc2ncc(N3CC[C@@H](Oc4ccc(Oc5ccc(F)cc5)nc4)C3=O)cc2C1=O. The summed E-state index contributed by atoms with van der Waals surface area (Å²) in [5, 5.41) is 0. The number of pyridine rings is 2. The van der Waals surface area contributed by atoms with E-state index in [4.69, 9.17) is 9.47 Å². The molecule has 0 spiro atoms. The molecule has 11 heteroatoms. The molecule has 1 atom stereocenters. The van der Waals surface area contributed by atoms with Crippen molar-refractivity contribution >= 4 is 23.4 Å². The molecule has 2 aromatic heterocycles. The minimum absolute atomic E-state index is 0.0299. The average molecular weight is 506 g/mol. The second-order valence-corrected chi connectivity index (χ2v) is 8.91. The van der Waals surface area contributed by atoms with Crippen LogP contribution in [0.4, 0.5) is 10.1 Å². The maximum Gasteiger partial charge on any atom is 0.268 e. The molecule has 0 N–H and O–H groups in total. The van der Waals surface area contributed by atoms with Crippen LogP contribution in [0.15, 0.2) is 54.9 Å². The van der Waals surface area contributed by atoms with Crippen LogP contribution in [0.1, 0.15) is 22.5 Å². The van der Waals surface area contributed by atoms with E-state index in [0.29, 0.717) is 47.3 Å². The molecule has 2 aliphatic rings. The third-order valence-corrected chi connectivity index (χ3v) is 6.13. The summed E-state index contributed by atoms with van der Waals surface area (Å²) < 4.78 is 24.5. The molecule has 1 aromatic carbocycles. The van der Waals surface area contributed by atoms with Crippen molar-refractivity contribution in [3.63, 3.8) is 0 Å². The molecule has 0 radical (unpaired) electrons. The molecule has 0 saturated carbocycles. The Labute approximate surface area is 212 Å². The van der Waals surface area contributed by atoms with Crippen LogP contribution < -0.4 is 14.4 Å². The van der Waals surface area contributed by atoms with Crippen molar-refractivity contribution in [2.45, 2.75) is 19.1 Å². The number of ether oxygens (including phenoxy) is 2. The number of benzene rings is 1. The van der Waals surface area contributed by atoms with E-state index < -0.39 is 6.10 Å². The van der Waals surface area contributed by atoms with Crippen LogP contribution in [0.2, 0.25) is 0 Å². The zero-order valence-electron chi connectivity index (χ0n) is 20.3. The summed E-state index contributed by atoms with van der Waals surface area (Å²) in [5.41, 5.74) is 1.47. The number of carbonyl (C=O) groups excluding carboxylic acids is 3. The quantitative estimate of drug-likeness (QED) is 0.486. The van der Waals surface area contributed by atoms with Gasteiger partial charge in [0.15, 0.2) is 6.10 Å². The summed E-state index contributed by atoms with van der Waals surface area (Å²) in [6.45, 7) is 0.625. The first-order valence-electron chi connectivity index (χ1n) is 11.6. The van der Waals surface area contributed by atoms with E-state index in [1.54, 1.807) is 38.5 Å². The number of nitrogens with zero attached hydrogens (tertiary/aromatic N) is 5. The monoisotopic (exact) mass is 505 g/mol. The number of fused-ring (bicyclic) bond motifs is 1. The van der Waals surface area contributed by atoms with Crippen LogP contribution in [-0.2, 0) is 16.1 Å². The summed E-state index contributed by atoms with van der Waals surface area (Å²) in [6, 6.07) is 10.5. The van der Waals surface area contributed by atoms with Gasteiger partial charge in [-0.1, -0.05) is 0 Å². The lowest BCUT2D eigenvalue weighted by Gasteiger charge is -2.18. The topological polar surface area (TPSA) is 105 Å². The first-order chi connectivity index (χ1) is 17.8. The molecule has 1 fully saturated rings. The van der Waals surface area contributed by atoms with E-state index in [0.717, 1.165) is 0 Å². The molecule has 0 aliphatic carbocycles. The predicted octanol–water partition coefficient (Wildman–Crippen LogP) is 2.64. The van der Waals surface area contributed by atoms with Crippen LogP contribution in [0.5, 0.6) is 17.4 Å². The highest BCUT2D eigenvalue weighted by Gasteiger charge is 2.37. The number of aromatic nitrogens is 2. The number of hydrogen-bond acceptors (Lipinski definition) is 7. The van der Waals surface area contributed by atoms with Gasteiger partial charge in [0.1, 0.15) is 23.9 Å². The molecule has 1 saturated heterocycles. The lowest BCUT2D eigenvalue weighted by molar-refractivity contribution is -0.129. The highest BCUT2D eigenvalue weighted by molar-refractivity contribution is 6.03. The number of likely N-dealkylation sites (N-methyl/N-ethyl adjacent to an activating group) is 1. The second kappa shape index (κ2) is 9.84. The number of hydrogen-bond donors (Lipinski definition) is 0. The minimum atomic E-state index is -0.719. The number of rotatable bonds is 7. The molecule has 0 unspecified atom stereocenters. The lowest BCUT2D eigenvalue weighted by Crippen LogP contribution is -2.36. The van der Waals surface area contributed by atoms with Crippen molar-refractivity contribution in [1.29, 1.82) is 0 Å². The molecule has 2 aliphatic heterocycles. The van der Waals surface area contributed by atoms with E-state index in [-0.39, 0.29) is 36.6 Å². The van der Waals surface area contributed by atoms with Gasteiger partial charge >= 0.3 is 0 Å². The number of amides is 3. The minimum Gasteiger partial charge on any atom is -0.479 e. The van der Waals surface area contributed by atoms with Gasteiger partial charge in [-0.2, -0.15) is 0 Å². The van der Waals surface area contributed by atoms with Gasteiger partial charge < -0.3 is 24.2 Å². The fraction of sp³-hybridized carbons (Fsp3) is 0.269. The summed E-state index contributed by atoms with van der Waals surface area (Å²) >= 11 is 0. The van der Waals surface area contributed by atoms with Crippen LogP contribution in [0, 0.1) is 5.82 Å². The molecule has 5 rings (SSSR count). The molecule has 3 amide bonds. The maximum atomic E-state index is 13.1. The third-order valence-electron chi connectivity index (χ3n) is 6.13. The standard InChI is InChI=1S/C26H24FN5O5/c1-30(2)24(33)15-31-14-21-20(25(31)34)11-17(12-28-21)32-10-9-22(26(32)35)36-19-7-8-23(29-13-19)37-18-5-3-16(27)4-6-18/h3-8,11-13,22H,9-10,14-15H2,1-2H3/t22-/m1/s1. The highest BCUT2D eigenvalue weighted by atomic mass is 19.1. The molecule has 4 heterocycles. The Morgan fingerprint density at radius 3 is 2.54 bits per heavy atom.